The Morgan fingerprint density at radius 2 is 1.41 bits per heavy atom. The van der Waals surface area contributed by atoms with E-state index in [2.05, 4.69) is 51.3 Å². The molecule has 0 saturated carbocycles. The molecule has 2 aliphatic rings. The van der Waals surface area contributed by atoms with Gasteiger partial charge in [-0.1, -0.05) is 22.0 Å². The van der Waals surface area contributed by atoms with Crippen LogP contribution in [0.5, 0.6) is 0 Å². The molecule has 0 amide bonds. The van der Waals surface area contributed by atoms with E-state index in [-0.39, 0.29) is 18.4 Å². The van der Waals surface area contributed by atoms with Gasteiger partial charge in [0.2, 0.25) is 0 Å². The molecule has 4 aromatic rings. The summed E-state index contributed by atoms with van der Waals surface area (Å²) in [7, 11) is 1.39. The molecular formula is C28H33BrN4O4. The van der Waals surface area contributed by atoms with Crippen LogP contribution in [0.2, 0.25) is 0 Å². The summed E-state index contributed by atoms with van der Waals surface area (Å²) >= 11 is 3.52. The highest BCUT2D eigenvalue weighted by molar-refractivity contribution is 9.10. The number of hydrogen-bond donors (Lipinski definition) is 0. The SMILES string of the molecule is COC(=O)c1ccc2c(C)nn(C3CCCCO3)c2c1.Cc1nn(C2CCCCO2)c2cc(Br)ccc12. The van der Waals surface area contributed by atoms with E-state index in [1.54, 1.807) is 6.07 Å². The van der Waals surface area contributed by atoms with Crippen LogP contribution in [0.4, 0.5) is 0 Å². The zero-order valence-corrected chi connectivity index (χ0v) is 23.2. The first kappa shape index (κ1) is 25.9. The Bertz CT molecular complexity index is 1400. The van der Waals surface area contributed by atoms with E-state index in [4.69, 9.17) is 14.2 Å². The number of fused-ring (bicyclic) bond motifs is 2. The molecule has 0 radical (unpaired) electrons. The fraction of sp³-hybridized carbons (Fsp3) is 0.464. The monoisotopic (exact) mass is 568 g/mol. The lowest BCUT2D eigenvalue weighted by atomic mass is 10.1. The molecule has 196 valence electrons. The Labute approximate surface area is 225 Å². The molecule has 0 bridgehead atoms. The number of halogens is 1. The van der Waals surface area contributed by atoms with Gasteiger partial charge in [-0.05, 0) is 82.7 Å². The number of carbonyl (C=O) groups is 1. The highest BCUT2D eigenvalue weighted by Gasteiger charge is 2.21. The van der Waals surface area contributed by atoms with Crippen LogP contribution in [0.1, 0.15) is 72.7 Å². The molecule has 2 aromatic carbocycles. The molecule has 2 aromatic heterocycles. The average Bonchev–Trinajstić information content (AvgIpc) is 3.45. The molecule has 0 spiro atoms. The summed E-state index contributed by atoms with van der Waals surface area (Å²) in [4.78, 5) is 11.7. The fourth-order valence-electron chi connectivity index (χ4n) is 5.08. The van der Waals surface area contributed by atoms with E-state index in [9.17, 15) is 4.79 Å². The summed E-state index contributed by atoms with van der Waals surface area (Å²) in [5.41, 5.74) is 4.64. The molecule has 2 atom stereocenters. The van der Waals surface area contributed by atoms with E-state index < -0.39 is 0 Å². The fourth-order valence-corrected chi connectivity index (χ4v) is 5.43. The Hall–Kier alpha value is -2.75. The number of aryl methyl sites for hydroxylation is 2. The number of aromatic nitrogens is 4. The van der Waals surface area contributed by atoms with Gasteiger partial charge in [-0.3, -0.25) is 0 Å². The van der Waals surface area contributed by atoms with Crippen LogP contribution in [0.3, 0.4) is 0 Å². The summed E-state index contributed by atoms with van der Waals surface area (Å²) in [6.45, 7) is 5.63. The number of carbonyl (C=O) groups excluding carboxylic acids is 1. The van der Waals surface area contributed by atoms with E-state index in [1.165, 1.54) is 25.3 Å². The number of hydrogen-bond acceptors (Lipinski definition) is 6. The van der Waals surface area contributed by atoms with Gasteiger partial charge in [0.15, 0.2) is 12.5 Å². The van der Waals surface area contributed by atoms with Crippen LogP contribution in [-0.4, -0.2) is 45.9 Å². The van der Waals surface area contributed by atoms with Gasteiger partial charge < -0.3 is 14.2 Å². The molecule has 0 N–H and O–H groups in total. The average molecular weight is 570 g/mol. The molecule has 6 rings (SSSR count). The van der Waals surface area contributed by atoms with Crippen molar-refractivity contribution in [3.8, 4) is 0 Å². The zero-order valence-electron chi connectivity index (χ0n) is 21.6. The minimum Gasteiger partial charge on any atom is -0.465 e. The predicted molar refractivity (Wildman–Crippen MR) is 146 cm³/mol. The third-order valence-corrected chi connectivity index (χ3v) is 7.52. The highest BCUT2D eigenvalue weighted by atomic mass is 79.9. The minimum absolute atomic E-state index is 0.0344. The maximum absolute atomic E-state index is 11.7. The quantitative estimate of drug-likeness (QED) is 0.258. The first-order chi connectivity index (χ1) is 18.0. The smallest absolute Gasteiger partial charge is 0.337 e. The van der Waals surface area contributed by atoms with Crippen molar-refractivity contribution in [2.75, 3.05) is 20.3 Å². The molecule has 2 aliphatic heterocycles. The highest BCUT2D eigenvalue weighted by Crippen LogP contribution is 2.30. The van der Waals surface area contributed by atoms with Gasteiger partial charge >= 0.3 is 5.97 Å². The lowest BCUT2D eigenvalue weighted by Gasteiger charge is -2.23. The van der Waals surface area contributed by atoms with Crippen LogP contribution in [0.25, 0.3) is 21.8 Å². The second-order valence-corrected chi connectivity index (χ2v) is 10.5. The molecule has 8 nitrogen and oxygen atoms in total. The second kappa shape index (κ2) is 11.3. The van der Waals surface area contributed by atoms with Gasteiger partial charge in [-0.15, -0.1) is 0 Å². The van der Waals surface area contributed by atoms with Crippen molar-refractivity contribution in [1.82, 2.24) is 19.6 Å². The maximum Gasteiger partial charge on any atom is 0.337 e. The zero-order chi connectivity index (χ0) is 25.9. The molecule has 2 fully saturated rings. The standard InChI is InChI=1S/C15H18N2O3.C13H15BrN2O/c1-10-12-7-6-11(15(18)19-2)9-13(12)17(16-10)14-5-3-4-8-20-14;1-9-11-6-5-10(14)8-12(11)16(15-9)13-4-2-3-7-17-13/h6-7,9,14H,3-5,8H2,1-2H3;5-6,8,13H,2-4,7H2,1H3. The van der Waals surface area contributed by atoms with Crippen LogP contribution in [-0.2, 0) is 14.2 Å². The van der Waals surface area contributed by atoms with Gasteiger partial charge in [0.1, 0.15) is 0 Å². The van der Waals surface area contributed by atoms with Crippen molar-refractivity contribution in [2.45, 2.75) is 64.8 Å². The largest absolute Gasteiger partial charge is 0.465 e. The number of nitrogens with zero attached hydrogens (tertiary/aromatic N) is 4. The van der Waals surface area contributed by atoms with E-state index in [0.717, 1.165) is 71.2 Å². The molecule has 2 unspecified atom stereocenters. The first-order valence-electron chi connectivity index (χ1n) is 12.9. The number of benzene rings is 2. The minimum atomic E-state index is -0.332. The third-order valence-electron chi connectivity index (χ3n) is 7.02. The Morgan fingerprint density at radius 1 is 0.865 bits per heavy atom. The number of esters is 1. The van der Waals surface area contributed by atoms with Gasteiger partial charge in [0.05, 0.1) is 35.1 Å². The lowest BCUT2D eigenvalue weighted by molar-refractivity contribution is -0.0369. The topological polar surface area (TPSA) is 80.4 Å². The molecule has 2 saturated heterocycles. The molecule has 0 aliphatic carbocycles. The molecule has 4 heterocycles. The van der Waals surface area contributed by atoms with Crippen molar-refractivity contribution in [1.29, 1.82) is 0 Å². The van der Waals surface area contributed by atoms with Crippen molar-refractivity contribution in [2.24, 2.45) is 0 Å². The summed E-state index contributed by atoms with van der Waals surface area (Å²) in [6, 6.07) is 11.8. The van der Waals surface area contributed by atoms with Gasteiger partial charge in [-0.25, -0.2) is 14.2 Å². The Morgan fingerprint density at radius 3 is 1.92 bits per heavy atom. The number of methoxy groups -OCH3 is 1. The molecule has 9 heteroatoms. The van der Waals surface area contributed by atoms with Crippen LogP contribution in [0, 0.1) is 13.8 Å². The van der Waals surface area contributed by atoms with Crippen LogP contribution < -0.4 is 0 Å². The molecule has 37 heavy (non-hydrogen) atoms. The third kappa shape index (κ3) is 5.44. The van der Waals surface area contributed by atoms with Crippen molar-refractivity contribution in [3.63, 3.8) is 0 Å². The van der Waals surface area contributed by atoms with Gasteiger partial charge in [0.25, 0.3) is 0 Å². The Balaban J connectivity index is 0.000000153. The predicted octanol–water partition coefficient (Wildman–Crippen LogP) is 6.64. The van der Waals surface area contributed by atoms with E-state index in [0.29, 0.717) is 5.56 Å². The summed E-state index contributed by atoms with van der Waals surface area (Å²) in [6.07, 6.45) is 6.71. The molecular weight excluding hydrogens is 536 g/mol. The normalized spacial score (nSPS) is 20.0. The van der Waals surface area contributed by atoms with Crippen LogP contribution in [0.15, 0.2) is 40.9 Å². The van der Waals surface area contributed by atoms with E-state index in [1.807, 2.05) is 28.4 Å². The van der Waals surface area contributed by atoms with Crippen molar-refractivity contribution >= 4 is 43.7 Å². The van der Waals surface area contributed by atoms with Crippen molar-refractivity contribution in [3.05, 3.63) is 57.8 Å². The van der Waals surface area contributed by atoms with Crippen LogP contribution >= 0.6 is 15.9 Å². The summed E-state index contributed by atoms with van der Waals surface area (Å²) < 4.78 is 21.4. The maximum atomic E-state index is 11.7. The van der Waals surface area contributed by atoms with Gasteiger partial charge in [-0.2, -0.15) is 10.2 Å². The van der Waals surface area contributed by atoms with Gasteiger partial charge in [0, 0.05) is 28.5 Å². The first-order valence-corrected chi connectivity index (χ1v) is 13.7. The number of rotatable bonds is 3. The van der Waals surface area contributed by atoms with E-state index >= 15 is 0 Å². The number of ether oxygens (including phenoxy) is 3. The Kier molecular flexibility index (Phi) is 7.92. The lowest BCUT2D eigenvalue weighted by Crippen LogP contribution is -2.19. The summed E-state index contributed by atoms with van der Waals surface area (Å²) in [5, 5.41) is 11.5. The summed E-state index contributed by atoms with van der Waals surface area (Å²) in [5.74, 6) is -0.332. The van der Waals surface area contributed by atoms with Crippen molar-refractivity contribution < 1.29 is 19.0 Å². The second-order valence-electron chi connectivity index (χ2n) is 9.59.